The lowest BCUT2D eigenvalue weighted by atomic mass is 10.1. The smallest absolute Gasteiger partial charge is 0.257 e. The number of aromatic nitrogens is 2. The Labute approximate surface area is 190 Å². The zero-order valence-corrected chi connectivity index (χ0v) is 19.6. The first-order valence-corrected chi connectivity index (χ1v) is 11.0. The van der Waals surface area contributed by atoms with Gasteiger partial charge in [-0.15, -0.1) is 0 Å². The van der Waals surface area contributed by atoms with Crippen LogP contribution < -0.4 is 10.1 Å². The Morgan fingerprint density at radius 1 is 1.22 bits per heavy atom. The van der Waals surface area contributed by atoms with Crippen molar-refractivity contribution in [3.63, 3.8) is 0 Å². The normalized spacial score (nSPS) is 16.8. The molecule has 0 spiro atoms. The van der Waals surface area contributed by atoms with E-state index >= 15 is 0 Å². The predicted octanol–water partition coefficient (Wildman–Crippen LogP) is 2.03. The highest BCUT2D eigenvalue weighted by molar-refractivity contribution is 5.94. The topological polar surface area (TPSA) is 87.7 Å². The van der Waals surface area contributed by atoms with Crippen molar-refractivity contribution in [1.29, 1.82) is 0 Å². The molecule has 172 valence electrons. The molecule has 2 aromatic rings. The number of methoxy groups -OCH3 is 1. The molecule has 8 nitrogen and oxygen atoms in total. The maximum absolute atomic E-state index is 12.9. The highest BCUT2D eigenvalue weighted by Crippen LogP contribution is 2.18. The van der Waals surface area contributed by atoms with Gasteiger partial charge in [0.15, 0.2) is 0 Å². The number of amides is 2. The Morgan fingerprint density at radius 2 is 1.94 bits per heavy atom. The second kappa shape index (κ2) is 10.5. The fraction of sp³-hybridized carbons (Fsp3) is 0.500. The van der Waals surface area contributed by atoms with Crippen LogP contribution in [0.3, 0.4) is 0 Å². The van der Waals surface area contributed by atoms with Gasteiger partial charge in [-0.2, -0.15) is 0 Å². The van der Waals surface area contributed by atoms with E-state index in [0.29, 0.717) is 37.6 Å². The van der Waals surface area contributed by atoms with Gasteiger partial charge >= 0.3 is 0 Å². The van der Waals surface area contributed by atoms with E-state index < -0.39 is 0 Å². The molecule has 1 aliphatic rings. The lowest BCUT2D eigenvalue weighted by Crippen LogP contribution is -2.58. The minimum atomic E-state index is -0.388. The van der Waals surface area contributed by atoms with Crippen molar-refractivity contribution in [1.82, 2.24) is 25.1 Å². The van der Waals surface area contributed by atoms with Crippen LogP contribution in [0.2, 0.25) is 0 Å². The predicted molar refractivity (Wildman–Crippen MR) is 123 cm³/mol. The van der Waals surface area contributed by atoms with Crippen molar-refractivity contribution < 1.29 is 14.3 Å². The molecule has 1 aromatic carbocycles. The van der Waals surface area contributed by atoms with E-state index in [-0.39, 0.29) is 23.8 Å². The molecule has 0 saturated carbocycles. The number of hydrogen-bond donors (Lipinski definition) is 1. The molecule has 1 fully saturated rings. The van der Waals surface area contributed by atoms with Gasteiger partial charge in [-0.25, -0.2) is 9.97 Å². The van der Waals surface area contributed by atoms with Crippen LogP contribution in [0.1, 0.15) is 47.1 Å². The second-order valence-corrected chi connectivity index (χ2v) is 8.58. The number of nitrogens with one attached hydrogen (secondary N) is 1. The number of carbonyl (C=O) groups excluding carboxylic acids is 2. The van der Waals surface area contributed by atoms with Crippen molar-refractivity contribution in [3.05, 3.63) is 53.1 Å². The Hall–Kier alpha value is -3.00. The number of ether oxygens (including phenoxy) is 1. The summed E-state index contributed by atoms with van der Waals surface area (Å²) in [5.74, 6) is 1.57. The summed E-state index contributed by atoms with van der Waals surface area (Å²) in [6, 6.07) is 5.64. The molecule has 8 heteroatoms. The van der Waals surface area contributed by atoms with Gasteiger partial charge in [0, 0.05) is 44.5 Å². The van der Waals surface area contributed by atoms with Gasteiger partial charge in [-0.3, -0.25) is 14.5 Å². The molecule has 1 aromatic heterocycles. The SMILES string of the molecule is COc1ccc(CCNC(=O)C2CN(C(=O)c3cnc(C(C)C)nc3)CCN2C)cc1C. The van der Waals surface area contributed by atoms with E-state index in [0.717, 1.165) is 23.3 Å². The van der Waals surface area contributed by atoms with Crippen molar-refractivity contribution in [2.75, 3.05) is 40.3 Å². The van der Waals surface area contributed by atoms with Crippen molar-refractivity contribution >= 4 is 11.8 Å². The molecule has 32 heavy (non-hydrogen) atoms. The Bertz CT molecular complexity index is 945. The quantitative estimate of drug-likeness (QED) is 0.710. The van der Waals surface area contributed by atoms with E-state index in [1.54, 1.807) is 24.4 Å². The number of aryl methyl sites for hydroxylation is 1. The van der Waals surface area contributed by atoms with E-state index in [1.807, 2.05) is 44.9 Å². The van der Waals surface area contributed by atoms with Crippen LogP contribution in [0, 0.1) is 6.92 Å². The van der Waals surface area contributed by atoms with Gasteiger partial charge in [0.25, 0.3) is 5.91 Å². The molecule has 2 heterocycles. The number of benzene rings is 1. The molecule has 1 N–H and O–H groups in total. The van der Waals surface area contributed by atoms with Gasteiger partial charge in [-0.1, -0.05) is 26.0 Å². The average molecular weight is 440 g/mol. The summed E-state index contributed by atoms with van der Waals surface area (Å²) in [6.07, 6.45) is 3.89. The third-order valence-electron chi connectivity index (χ3n) is 5.85. The summed E-state index contributed by atoms with van der Waals surface area (Å²) in [5.41, 5.74) is 2.66. The van der Waals surface area contributed by atoms with E-state index in [2.05, 4.69) is 21.4 Å². The zero-order valence-electron chi connectivity index (χ0n) is 19.6. The molecule has 1 unspecified atom stereocenters. The molecule has 0 aliphatic carbocycles. The number of carbonyl (C=O) groups is 2. The van der Waals surface area contributed by atoms with Crippen LogP contribution >= 0.6 is 0 Å². The van der Waals surface area contributed by atoms with Gasteiger partial charge in [0.2, 0.25) is 5.91 Å². The van der Waals surface area contributed by atoms with Crippen molar-refractivity contribution in [3.8, 4) is 5.75 Å². The third kappa shape index (κ3) is 5.62. The lowest BCUT2D eigenvalue weighted by Gasteiger charge is -2.38. The van der Waals surface area contributed by atoms with E-state index in [9.17, 15) is 9.59 Å². The first-order valence-electron chi connectivity index (χ1n) is 11.0. The fourth-order valence-electron chi connectivity index (χ4n) is 3.81. The molecule has 3 rings (SSSR count). The first-order chi connectivity index (χ1) is 15.3. The Morgan fingerprint density at radius 3 is 2.56 bits per heavy atom. The van der Waals surface area contributed by atoms with Crippen LogP contribution in [0.4, 0.5) is 0 Å². The van der Waals surface area contributed by atoms with Crippen molar-refractivity contribution in [2.45, 2.75) is 39.2 Å². The van der Waals surface area contributed by atoms with Crippen LogP contribution in [0.25, 0.3) is 0 Å². The largest absolute Gasteiger partial charge is 0.496 e. The maximum Gasteiger partial charge on any atom is 0.257 e. The maximum atomic E-state index is 12.9. The third-order valence-corrected chi connectivity index (χ3v) is 5.85. The molecule has 0 bridgehead atoms. The summed E-state index contributed by atoms with van der Waals surface area (Å²) in [7, 11) is 3.57. The summed E-state index contributed by atoms with van der Waals surface area (Å²) in [5, 5.41) is 3.02. The Kier molecular flexibility index (Phi) is 7.80. The second-order valence-electron chi connectivity index (χ2n) is 8.58. The minimum Gasteiger partial charge on any atom is -0.496 e. The van der Waals surface area contributed by atoms with Crippen LogP contribution in [0.5, 0.6) is 5.75 Å². The summed E-state index contributed by atoms with van der Waals surface area (Å²) in [6.45, 7) is 8.10. The average Bonchev–Trinajstić information content (AvgIpc) is 2.79. The molecular formula is C24H33N5O3. The van der Waals surface area contributed by atoms with Gasteiger partial charge in [-0.05, 0) is 37.6 Å². The standard InChI is InChI=1S/C24H33N5O3/c1-16(2)22-26-13-19(14-27-22)24(31)29-11-10-28(4)20(15-29)23(30)25-9-8-18-6-7-21(32-5)17(3)12-18/h6-7,12-14,16,20H,8-11,15H2,1-5H3,(H,25,30). The van der Waals surface area contributed by atoms with E-state index in [4.69, 9.17) is 4.74 Å². The summed E-state index contributed by atoms with van der Waals surface area (Å²) in [4.78, 5) is 38.1. The Balaban J connectivity index is 1.56. The highest BCUT2D eigenvalue weighted by Gasteiger charge is 2.32. The molecule has 1 aliphatic heterocycles. The van der Waals surface area contributed by atoms with Crippen molar-refractivity contribution in [2.24, 2.45) is 0 Å². The van der Waals surface area contributed by atoms with Gasteiger partial charge in [0.05, 0.1) is 12.7 Å². The fourth-order valence-corrected chi connectivity index (χ4v) is 3.81. The number of likely N-dealkylation sites (N-methyl/N-ethyl adjacent to an activating group) is 1. The number of hydrogen-bond acceptors (Lipinski definition) is 6. The summed E-state index contributed by atoms with van der Waals surface area (Å²) >= 11 is 0. The molecule has 0 radical (unpaired) electrons. The van der Waals surface area contributed by atoms with Crippen LogP contribution in [0.15, 0.2) is 30.6 Å². The highest BCUT2D eigenvalue weighted by atomic mass is 16.5. The van der Waals surface area contributed by atoms with E-state index in [1.165, 1.54) is 0 Å². The van der Waals surface area contributed by atoms with Gasteiger partial charge in [0.1, 0.15) is 17.6 Å². The van der Waals surface area contributed by atoms with Crippen LogP contribution in [-0.4, -0.2) is 78.0 Å². The molecular weight excluding hydrogens is 406 g/mol. The summed E-state index contributed by atoms with van der Waals surface area (Å²) < 4.78 is 5.30. The number of nitrogens with zero attached hydrogens (tertiary/aromatic N) is 4. The van der Waals surface area contributed by atoms with Gasteiger partial charge < -0.3 is 15.0 Å². The number of piperazine rings is 1. The number of rotatable bonds is 7. The lowest BCUT2D eigenvalue weighted by molar-refractivity contribution is -0.127. The monoisotopic (exact) mass is 439 g/mol. The molecule has 1 saturated heterocycles. The molecule has 2 amide bonds. The minimum absolute atomic E-state index is 0.0679. The van der Waals surface area contributed by atoms with Crippen LogP contribution in [-0.2, 0) is 11.2 Å². The zero-order chi connectivity index (χ0) is 23.3. The molecule has 1 atom stereocenters. The first kappa shape index (κ1) is 23.7.